The van der Waals surface area contributed by atoms with Gasteiger partial charge in [-0.05, 0) is 12.5 Å². The van der Waals surface area contributed by atoms with Crippen LogP contribution in [0.3, 0.4) is 0 Å². The van der Waals surface area contributed by atoms with Crippen LogP contribution in [-0.4, -0.2) is 28.4 Å². The first kappa shape index (κ1) is 14.3. The molecule has 1 aromatic heterocycles. The van der Waals surface area contributed by atoms with E-state index in [1.165, 1.54) is 17.1 Å². The van der Waals surface area contributed by atoms with Gasteiger partial charge in [0.1, 0.15) is 12.4 Å². The molecule has 2 aromatic rings. The van der Waals surface area contributed by atoms with Crippen molar-refractivity contribution in [3.8, 4) is 0 Å². The van der Waals surface area contributed by atoms with Crippen LogP contribution in [0.4, 0.5) is 4.79 Å². The van der Waals surface area contributed by atoms with Gasteiger partial charge in [0.2, 0.25) is 0 Å². The molecule has 106 valence electrons. The summed E-state index contributed by atoms with van der Waals surface area (Å²) in [6.07, 6.45) is 4.56. The van der Waals surface area contributed by atoms with Gasteiger partial charge in [0.15, 0.2) is 0 Å². The van der Waals surface area contributed by atoms with E-state index in [1.807, 2.05) is 37.3 Å². The van der Waals surface area contributed by atoms with Gasteiger partial charge in [0.05, 0.1) is 13.2 Å². The van der Waals surface area contributed by atoms with E-state index in [4.69, 9.17) is 9.47 Å². The predicted molar refractivity (Wildman–Crippen MR) is 74.3 cm³/mol. The third-order valence-electron chi connectivity index (χ3n) is 2.80. The standard InChI is InChI=1S/C15H18N2O3/c1-13(20-15(18)17-9-8-16-12-17)7-10-19-11-14-5-3-2-4-6-14/h2-6,8-9,12-13H,7,10-11H2,1H3/t13-/m0/s1. The maximum Gasteiger partial charge on any atom is 0.419 e. The molecule has 1 aromatic carbocycles. The van der Waals surface area contributed by atoms with Crippen molar-refractivity contribution in [2.45, 2.75) is 26.1 Å². The Labute approximate surface area is 118 Å². The molecule has 0 amide bonds. The molecule has 0 aliphatic rings. The fourth-order valence-corrected chi connectivity index (χ4v) is 1.67. The number of imidazole rings is 1. The van der Waals surface area contributed by atoms with Crippen molar-refractivity contribution in [1.29, 1.82) is 0 Å². The van der Waals surface area contributed by atoms with Crippen molar-refractivity contribution in [1.82, 2.24) is 9.55 Å². The van der Waals surface area contributed by atoms with E-state index < -0.39 is 6.09 Å². The van der Waals surface area contributed by atoms with Crippen molar-refractivity contribution in [3.63, 3.8) is 0 Å². The molecule has 20 heavy (non-hydrogen) atoms. The summed E-state index contributed by atoms with van der Waals surface area (Å²) < 4.78 is 12.1. The second-order valence-electron chi connectivity index (χ2n) is 4.49. The molecule has 0 bridgehead atoms. The first-order chi connectivity index (χ1) is 9.75. The van der Waals surface area contributed by atoms with Crippen LogP contribution >= 0.6 is 0 Å². The zero-order valence-corrected chi connectivity index (χ0v) is 11.4. The van der Waals surface area contributed by atoms with E-state index in [0.29, 0.717) is 19.6 Å². The number of hydrogen-bond donors (Lipinski definition) is 0. The Hall–Kier alpha value is -2.14. The SMILES string of the molecule is C[C@@H](CCOCc1ccccc1)OC(=O)n1ccnc1. The molecule has 0 radical (unpaired) electrons. The average molecular weight is 274 g/mol. The number of hydrogen-bond acceptors (Lipinski definition) is 4. The fraction of sp³-hybridized carbons (Fsp3) is 0.333. The lowest BCUT2D eigenvalue weighted by atomic mass is 10.2. The summed E-state index contributed by atoms with van der Waals surface area (Å²) in [6, 6.07) is 9.97. The number of ether oxygens (including phenoxy) is 2. The highest BCUT2D eigenvalue weighted by Gasteiger charge is 2.10. The van der Waals surface area contributed by atoms with E-state index >= 15 is 0 Å². The van der Waals surface area contributed by atoms with Crippen LogP contribution in [0.5, 0.6) is 0 Å². The molecular formula is C15H18N2O3. The van der Waals surface area contributed by atoms with Crippen LogP contribution in [-0.2, 0) is 16.1 Å². The van der Waals surface area contributed by atoms with Gasteiger partial charge in [0, 0.05) is 18.8 Å². The van der Waals surface area contributed by atoms with Crippen LogP contribution in [0.15, 0.2) is 49.1 Å². The van der Waals surface area contributed by atoms with Gasteiger partial charge in [0.25, 0.3) is 0 Å². The molecular weight excluding hydrogens is 256 g/mol. The zero-order valence-electron chi connectivity index (χ0n) is 11.4. The number of rotatable bonds is 6. The molecule has 0 aliphatic carbocycles. The van der Waals surface area contributed by atoms with Gasteiger partial charge in [-0.2, -0.15) is 0 Å². The molecule has 0 aliphatic heterocycles. The second kappa shape index (κ2) is 7.45. The van der Waals surface area contributed by atoms with Crippen LogP contribution in [0, 0.1) is 0 Å². The molecule has 2 rings (SSSR count). The molecule has 0 spiro atoms. The minimum Gasteiger partial charge on any atom is -0.446 e. The molecule has 0 saturated heterocycles. The van der Waals surface area contributed by atoms with Crippen molar-refractivity contribution in [3.05, 3.63) is 54.6 Å². The summed E-state index contributed by atoms with van der Waals surface area (Å²) in [7, 11) is 0. The average Bonchev–Trinajstić information content (AvgIpc) is 2.99. The molecule has 5 heteroatoms. The quantitative estimate of drug-likeness (QED) is 0.760. The Bertz CT molecular complexity index is 511. The topological polar surface area (TPSA) is 53.4 Å². The predicted octanol–water partition coefficient (Wildman–Crippen LogP) is 2.86. The van der Waals surface area contributed by atoms with Gasteiger partial charge >= 0.3 is 6.09 Å². The largest absolute Gasteiger partial charge is 0.446 e. The fourth-order valence-electron chi connectivity index (χ4n) is 1.67. The molecule has 1 atom stereocenters. The molecule has 0 unspecified atom stereocenters. The first-order valence-electron chi connectivity index (χ1n) is 6.56. The van der Waals surface area contributed by atoms with E-state index in [2.05, 4.69) is 4.98 Å². The summed E-state index contributed by atoms with van der Waals surface area (Å²) in [4.78, 5) is 15.4. The van der Waals surface area contributed by atoms with Crippen molar-refractivity contribution >= 4 is 6.09 Å². The van der Waals surface area contributed by atoms with Crippen molar-refractivity contribution < 1.29 is 14.3 Å². The Morgan fingerprint density at radius 1 is 1.35 bits per heavy atom. The highest BCUT2D eigenvalue weighted by Crippen LogP contribution is 2.04. The smallest absolute Gasteiger partial charge is 0.419 e. The van der Waals surface area contributed by atoms with Gasteiger partial charge < -0.3 is 9.47 Å². The second-order valence-corrected chi connectivity index (χ2v) is 4.49. The van der Waals surface area contributed by atoms with E-state index in [-0.39, 0.29) is 6.10 Å². The summed E-state index contributed by atoms with van der Waals surface area (Å²) in [5, 5.41) is 0. The van der Waals surface area contributed by atoms with Crippen LogP contribution in [0.1, 0.15) is 18.9 Å². The minimum atomic E-state index is -0.418. The maximum absolute atomic E-state index is 11.6. The number of carbonyl (C=O) groups excluding carboxylic acids is 1. The Kier molecular flexibility index (Phi) is 5.32. The lowest BCUT2D eigenvalue weighted by molar-refractivity contribution is 0.0615. The number of aromatic nitrogens is 2. The van der Waals surface area contributed by atoms with Gasteiger partial charge in [-0.15, -0.1) is 0 Å². The lowest BCUT2D eigenvalue weighted by Crippen LogP contribution is -2.20. The molecule has 0 N–H and O–H groups in total. The third kappa shape index (κ3) is 4.51. The lowest BCUT2D eigenvalue weighted by Gasteiger charge is -2.13. The Balaban J connectivity index is 1.63. The van der Waals surface area contributed by atoms with Crippen LogP contribution < -0.4 is 0 Å². The van der Waals surface area contributed by atoms with Crippen LogP contribution in [0.2, 0.25) is 0 Å². The van der Waals surface area contributed by atoms with Gasteiger partial charge in [-0.3, -0.25) is 0 Å². The molecule has 0 saturated carbocycles. The summed E-state index contributed by atoms with van der Waals surface area (Å²) in [5.41, 5.74) is 1.13. The zero-order chi connectivity index (χ0) is 14.2. The summed E-state index contributed by atoms with van der Waals surface area (Å²) in [6.45, 7) is 2.97. The highest BCUT2D eigenvalue weighted by molar-refractivity contribution is 5.70. The van der Waals surface area contributed by atoms with E-state index in [9.17, 15) is 4.79 Å². The van der Waals surface area contributed by atoms with E-state index in [1.54, 1.807) is 6.20 Å². The normalized spacial score (nSPS) is 12.1. The maximum atomic E-state index is 11.6. The van der Waals surface area contributed by atoms with Gasteiger partial charge in [-0.25, -0.2) is 14.3 Å². The van der Waals surface area contributed by atoms with E-state index in [0.717, 1.165) is 5.56 Å². The minimum absolute atomic E-state index is 0.194. The number of benzene rings is 1. The van der Waals surface area contributed by atoms with Crippen LogP contribution in [0.25, 0.3) is 0 Å². The van der Waals surface area contributed by atoms with Crippen molar-refractivity contribution in [2.24, 2.45) is 0 Å². The third-order valence-corrected chi connectivity index (χ3v) is 2.80. The molecule has 0 fully saturated rings. The first-order valence-corrected chi connectivity index (χ1v) is 6.56. The highest BCUT2D eigenvalue weighted by atomic mass is 16.6. The van der Waals surface area contributed by atoms with Crippen molar-refractivity contribution in [2.75, 3.05) is 6.61 Å². The number of nitrogens with zero attached hydrogens (tertiary/aromatic N) is 2. The summed E-state index contributed by atoms with van der Waals surface area (Å²) >= 11 is 0. The molecule has 1 heterocycles. The monoisotopic (exact) mass is 274 g/mol. The summed E-state index contributed by atoms with van der Waals surface area (Å²) in [5.74, 6) is 0. The Morgan fingerprint density at radius 2 is 2.15 bits per heavy atom. The number of carbonyl (C=O) groups is 1. The van der Waals surface area contributed by atoms with Gasteiger partial charge in [-0.1, -0.05) is 30.3 Å². The molecule has 5 nitrogen and oxygen atoms in total. The Morgan fingerprint density at radius 3 is 2.85 bits per heavy atom.